The van der Waals surface area contributed by atoms with E-state index in [0.29, 0.717) is 31.0 Å². The number of fused-ring (bicyclic) bond motifs is 1. The summed E-state index contributed by atoms with van der Waals surface area (Å²) in [6.45, 7) is 0.843. The quantitative estimate of drug-likeness (QED) is 0.740. The van der Waals surface area contributed by atoms with Gasteiger partial charge in [-0.15, -0.1) is 0 Å². The van der Waals surface area contributed by atoms with Crippen LogP contribution in [0.3, 0.4) is 0 Å². The molecule has 29 heavy (non-hydrogen) atoms. The number of rotatable bonds is 7. The zero-order chi connectivity index (χ0) is 20.2. The van der Waals surface area contributed by atoms with E-state index in [1.54, 1.807) is 4.90 Å². The number of hydrogen-bond acceptors (Lipinski definition) is 5. The number of carbonyl (C=O) groups is 2. The first-order valence-electron chi connectivity index (χ1n) is 9.74. The summed E-state index contributed by atoms with van der Waals surface area (Å²) in [7, 11) is 0. The van der Waals surface area contributed by atoms with Crippen molar-refractivity contribution in [2.75, 3.05) is 19.9 Å². The minimum atomic E-state index is -0.415. The molecule has 2 heterocycles. The zero-order valence-electron chi connectivity index (χ0n) is 16.0. The van der Waals surface area contributed by atoms with Crippen molar-refractivity contribution in [2.24, 2.45) is 5.92 Å². The van der Waals surface area contributed by atoms with Crippen LogP contribution in [0.15, 0.2) is 48.5 Å². The second-order valence-electron chi connectivity index (χ2n) is 7.44. The number of nitrogens with one attached hydrogen (secondary N) is 1. The predicted molar refractivity (Wildman–Crippen MR) is 105 cm³/mol. The van der Waals surface area contributed by atoms with E-state index in [-0.39, 0.29) is 37.7 Å². The van der Waals surface area contributed by atoms with E-state index in [2.05, 4.69) is 5.32 Å². The third-order valence-corrected chi connectivity index (χ3v) is 5.29. The largest absolute Gasteiger partial charge is 0.454 e. The van der Waals surface area contributed by atoms with Crippen LogP contribution in [0.1, 0.15) is 17.5 Å². The molecule has 2 aliphatic rings. The van der Waals surface area contributed by atoms with E-state index < -0.39 is 5.92 Å². The van der Waals surface area contributed by atoms with Crippen molar-refractivity contribution < 1.29 is 24.2 Å². The van der Waals surface area contributed by atoms with Gasteiger partial charge in [-0.1, -0.05) is 36.4 Å². The maximum Gasteiger partial charge on any atom is 0.231 e. The van der Waals surface area contributed by atoms with Crippen LogP contribution >= 0.6 is 0 Å². The van der Waals surface area contributed by atoms with Gasteiger partial charge in [-0.05, 0) is 29.7 Å². The van der Waals surface area contributed by atoms with Crippen LogP contribution in [0.25, 0.3) is 0 Å². The summed E-state index contributed by atoms with van der Waals surface area (Å²) >= 11 is 0. The molecule has 2 N–H and O–H groups in total. The molecular formula is C22H24N2O5. The molecular weight excluding hydrogens is 372 g/mol. The van der Waals surface area contributed by atoms with Crippen molar-refractivity contribution in [3.63, 3.8) is 0 Å². The number of likely N-dealkylation sites (tertiary alicyclic amines) is 1. The first-order chi connectivity index (χ1) is 14.1. The topological polar surface area (TPSA) is 88.1 Å². The maximum absolute atomic E-state index is 12.7. The molecule has 2 aromatic rings. The van der Waals surface area contributed by atoms with E-state index >= 15 is 0 Å². The highest BCUT2D eigenvalue weighted by molar-refractivity contribution is 5.89. The molecule has 1 fully saturated rings. The summed E-state index contributed by atoms with van der Waals surface area (Å²) in [6, 6.07) is 14.9. The molecule has 152 valence electrons. The minimum Gasteiger partial charge on any atom is -0.454 e. The van der Waals surface area contributed by atoms with Gasteiger partial charge in [0.05, 0.1) is 18.6 Å². The lowest BCUT2D eigenvalue weighted by Crippen LogP contribution is -2.43. The van der Waals surface area contributed by atoms with Gasteiger partial charge in [0.2, 0.25) is 18.6 Å². The van der Waals surface area contributed by atoms with Gasteiger partial charge in [0.1, 0.15) is 0 Å². The molecule has 2 aliphatic heterocycles. The average molecular weight is 396 g/mol. The van der Waals surface area contributed by atoms with Gasteiger partial charge in [-0.25, -0.2) is 0 Å². The number of benzene rings is 2. The fourth-order valence-corrected chi connectivity index (χ4v) is 3.74. The maximum atomic E-state index is 12.7. The van der Waals surface area contributed by atoms with E-state index in [1.807, 2.05) is 48.5 Å². The Morgan fingerprint density at radius 1 is 1.14 bits per heavy atom. The number of amides is 2. The van der Waals surface area contributed by atoms with Crippen LogP contribution in [0, 0.1) is 5.92 Å². The van der Waals surface area contributed by atoms with Gasteiger partial charge in [-0.2, -0.15) is 0 Å². The van der Waals surface area contributed by atoms with Gasteiger partial charge < -0.3 is 24.8 Å². The SMILES string of the molecule is O=C(N[C@H](CO)Cc1ccccc1)[C@H]1CC(=O)N(Cc2ccc3c(c2)OCO3)C1. The molecule has 0 aromatic heterocycles. The highest BCUT2D eigenvalue weighted by Gasteiger charge is 2.35. The molecule has 0 aliphatic carbocycles. The Labute approximate surface area is 169 Å². The Morgan fingerprint density at radius 3 is 2.72 bits per heavy atom. The standard InChI is InChI=1S/C22H24N2O5/c25-13-18(8-15-4-2-1-3-5-15)23-22(27)17-10-21(26)24(12-17)11-16-6-7-19-20(9-16)29-14-28-19/h1-7,9,17-18,25H,8,10-14H2,(H,23,27)/t17-,18-/m0/s1. The number of hydrogen-bond donors (Lipinski definition) is 2. The normalized spacial score (nSPS) is 18.7. The molecule has 0 spiro atoms. The van der Waals surface area contributed by atoms with Crippen molar-refractivity contribution >= 4 is 11.8 Å². The van der Waals surface area contributed by atoms with E-state index in [1.165, 1.54) is 0 Å². The Balaban J connectivity index is 1.33. The molecule has 1 saturated heterocycles. The minimum absolute atomic E-state index is 0.0496. The zero-order valence-corrected chi connectivity index (χ0v) is 16.0. The summed E-state index contributed by atoms with van der Waals surface area (Å²) in [5.74, 6) is 0.719. The van der Waals surface area contributed by atoms with Crippen LogP contribution in [0.5, 0.6) is 11.5 Å². The Bertz CT molecular complexity index is 886. The third-order valence-electron chi connectivity index (χ3n) is 5.29. The molecule has 0 bridgehead atoms. The Morgan fingerprint density at radius 2 is 1.93 bits per heavy atom. The second-order valence-corrected chi connectivity index (χ2v) is 7.44. The predicted octanol–water partition coefficient (Wildman–Crippen LogP) is 1.48. The van der Waals surface area contributed by atoms with Crippen molar-refractivity contribution in [1.82, 2.24) is 10.2 Å². The fourth-order valence-electron chi connectivity index (χ4n) is 3.74. The molecule has 0 saturated carbocycles. The van der Waals surface area contributed by atoms with E-state index in [4.69, 9.17) is 9.47 Å². The smallest absolute Gasteiger partial charge is 0.231 e. The van der Waals surface area contributed by atoms with Crippen LogP contribution in [0.4, 0.5) is 0 Å². The van der Waals surface area contributed by atoms with Crippen LogP contribution in [-0.4, -0.2) is 47.8 Å². The molecule has 2 amide bonds. The Kier molecular flexibility index (Phi) is 5.67. The lowest BCUT2D eigenvalue weighted by molar-refractivity contribution is -0.129. The van der Waals surface area contributed by atoms with E-state index in [0.717, 1.165) is 11.1 Å². The fraction of sp³-hybridized carbons (Fsp3) is 0.364. The molecule has 2 atom stereocenters. The molecule has 0 radical (unpaired) electrons. The lowest BCUT2D eigenvalue weighted by atomic mass is 10.0. The number of carbonyl (C=O) groups excluding carboxylic acids is 2. The van der Waals surface area contributed by atoms with Crippen LogP contribution in [-0.2, 0) is 22.6 Å². The summed E-state index contributed by atoms with van der Waals surface area (Å²) in [5, 5.41) is 12.5. The highest BCUT2D eigenvalue weighted by Crippen LogP contribution is 2.33. The monoisotopic (exact) mass is 396 g/mol. The van der Waals surface area contributed by atoms with Gasteiger partial charge >= 0.3 is 0 Å². The molecule has 7 nitrogen and oxygen atoms in total. The second kappa shape index (κ2) is 8.53. The summed E-state index contributed by atoms with van der Waals surface area (Å²) < 4.78 is 10.7. The Hall–Kier alpha value is -3.06. The molecule has 0 unspecified atom stereocenters. The van der Waals surface area contributed by atoms with Crippen molar-refractivity contribution in [2.45, 2.75) is 25.4 Å². The first-order valence-corrected chi connectivity index (χ1v) is 9.74. The lowest BCUT2D eigenvalue weighted by Gasteiger charge is -2.20. The van der Waals surface area contributed by atoms with Crippen LogP contribution in [0.2, 0.25) is 0 Å². The van der Waals surface area contributed by atoms with Crippen molar-refractivity contribution in [3.05, 3.63) is 59.7 Å². The van der Waals surface area contributed by atoms with E-state index in [9.17, 15) is 14.7 Å². The van der Waals surface area contributed by atoms with Crippen LogP contribution < -0.4 is 14.8 Å². The van der Waals surface area contributed by atoms with Gasteiger partial charge in [0.15, 0.2) is 11.5 Å². The average Bonchev–Trinajstić information content (AvgIpc) is 3.34. The highest BCUT2D eigenvalue weighted by atomic mass is 16.7. The summed E-state index contributed by atoms with van der Waals surface area (Å²) in [5.41, 5.74) is 1.97. The van der Waals surface area contributed by atoms with Gasteiger partial charge in [-0.3, -0.25) is 9.59 Å². The van der Waals surface area contributed by atoms with Crippen molar-refractivity contribution in [3.8, 4) is 11.5 Å². The molecule has 2 aromatic carbocycles. The number of ether oxygens (including phenoxy) is 2. The number of nitrogens with zero attached hydrogens (tertiary/aromatic N) is 1. The first kappa shape index (κ1) is 19.3. The summed E-state index contributed by atoms with van der Waals surface area (Å²) in [4.78, 5) is 26.8. The molecule has 7 heteroatoms. The number of aliphatic hydroxyl groups excluding tert-OH is 1. The van der Waals surface area contributed by atoms with Crippen molar-refractivity contribution in [1.29, 1.82) is 0 Å². The summed E-state index contributed by atoms with van der Waals surface area (Å²) in [6.07, 6.45) is 0.727. The third kappa shape index (κ3) is 4.51. The van der Waals surface area contributed by atoms with Gasteiger partial charge in [0.25, 0.3) is 0 Å². The van der Waals surface area contributed by atoms with Gasteiger partial charge in [0, 0.05) is 19.5 Å². The molecule has 4 rings (SSSR count). The number of aliphatic hydroxyl groups is 1.